The van der Waals surface area contributed by atoms with Crippen LogP contribution in [0.25, 0.3) is 11.0 Å². The number of furan rings is 1. The molecule has 0 amide bonds. The van der Waals surface area contributed by atoms with Gasteiger partial charge in [-0.15, -0.1) is 0 Å². The predicted octanol–water partition coefficient (Wildman–Crippen LogP) is 3.85. The first-order chi connectivity index (χ1) is 12.1. The lowest BCUT2D eigenvalue weighted by Crippen LogP contribution is -2.13. The first-order valence-electron chi connectivity index (χ1n) is 7.39. The molecule has 25 heavy (non-hydrogen) atoms. The van der Waals surface area contributed by atoms with E-state index < -0.39 is 12.6 Å². The second-order valence-electron chi connectivity index (χ2n) is 5.36. The van der Waals surface area contributed by atoms with Crippen LogP contribution in [0.5, 0.6) is 11.5 Å². The molecule has 0 fully saturated rings. The third-order valence-corrected chi connectivity index (χ3v) is 3.94. The van der Waals surface area contributed by atoms with Gasteiger partial charge in [-0.3, -0.25) is 4.79 Å². The van der Waals surface area contributed by atoms with Crippen LogP contribution in [0.4, 0.5) is 0 Å². The van der Waals surface area contributed by atoms with Crippen molar-refractivity contribution in [3.8, 4) is 11.5 Å². The molecular formula is C18H11ClO6. The van der Waals surface area contributed by atoms with Crippen molar-refractivity contribution in [1.82, 2.24) is 0 Å². The van der Waals surface area contributed by atoms with E-state index in [0.29, 0.717) is 33.1 Å². The average molecular weight is 359 g/mol. The first kappa shape index (κ1) is 15.5. The fraction of sp³-hybridized carbons (Fsp3) is 0.111. The van der Waals surface area contributed by atoms with Crippen molar-refractivity contribution in [1.29, 1.82) is 0 Å². The Hall–Kier alpha value is -2.99. The standard InChI is InChI=1S/C18H11ClO6/c19-12-2-4-14-11(5-12)7-17(25-14)18(21)22-8-13(20)10-1-3-15-16(6-10)24-9-23-15/h1-7H,8-9H2. The molecule has 2 heterocycles. The summed E-state index contributed by atoms with van der Waals surface area (Å²) in [5.74, 6) is 0.00351. The SMILES string of the molecule is O=C(COC(=O)c1cc2cc(Cl)ccc2o1)c1ccc2c(c1)OCO2. The second kappa shape index (κ2) is 6.14. The van der Waals surface area contributed by atoms with Crippen molar-refractivity contribution in [3.63, 3.8) is 0 Å². The predicted molar refractivity (Wildman–Crippen MR) is 88.4 cm³/mol. The number of esters is 1. The third-order valence-electron chi connectivity index (χ3n) is 3.71. The summed E-state index contributed by atoms with van der Waals surface area (Å²) in [4.78, 5) is 24.3. The number of ether oxygens (including phenoxy) is 3. The molecule has 7 heteroatoms. The van der Waals surface area contributed by atoms with E-state index >= 15 is 0 Å². The lowest BCUT2D eigenvalue weighted by Gasteiger charge is -2.03. The second-order valence-corrected chi connectivity index (χ2v) is 5.80. The van der Waals surface area contributed by atoms with Crippen molar-refractivity contribution in [2.75, 3.05) is 13.4 Å². The highest BCUT2D eigenvalue weighted by atomic mass is 35.5. The molecule has 0 saturated heterocycles. The van der Waals surface area contributed by atoms with Gasteiger partial charge >= 0.3 is 5.97 Å². The fourth-order valence-electron chi connectivity index (χ4n) is 2.47. The summed E-state index contributed by atoms with van der Waals surface area (Å²) in [7, 11) is 0. The summed E-state index contributed by atoms with van der Waals surface area (Å²) in [5, 5.41) is 1.22. The molecule has 1 aliphatic heterocycles. The topological polar surface area (TPSA) is 75.0 Å². The van der Waals surface area contributed by atoms with Gasteiger partial charge in [0.1, 0.15) is 5.58 Å². The number of ketones is 1. The molecule has 1 aromatic heterocycles. The third kappa shape index (κ3) is 3.04. The van der Waals surface area contributed by atoms with E-state index in [9.17, 15) is 9.59 Å². The number of hydrogen-bond donors (Lipinski definition) is 0. The lowest BCUT2D eigenvalue weighted by atomic mass is 10.1. The van der Waals surface area contributed by atoms with Crippen LogP contribution in [0.1, 0.15) is 20.9 Å². The van der Waals surface area contributed by atoms with Crippen molar-refractivity contribution < 1.29 is 28.2 Å². The smallest absolute Gasteiger partial charge is 0.374 e. The van der Waals surface area contributed by atoms with Gasteiger partial charge in [-0.1, -0.05) is 11.6 Å². The number of benzene rings is 2. The number of halogens is 1. The number of hydrogen-bond acceptors (Lipinski definition) is 6. The van der Waals surface area contributed by atoms with E-state index in [1.54, 1.807) is 36.4 Å². The Morgan fingerprint density at radius 3 is 2.76 bits per heavy atom. The molecule has 1 aliphatic rings. The van der Waals surface area contributed by atoms with Gasteiger partial charge in [0.05, 0.1) is 0 Å². The Morgan fingerprint density at radius 1 is 1.04 bits per heavy atom. The highest BCUT2D eigenvalue weighted by molar-refractivity contribution is 6.31. The van der Waals surface area contributed by atoms with Crippen molar-refractivity contribution in [2.45, 2.75) is 0 Å². The molecule has 0 spiro atoms. The largest absolute Gasteiger partial charge is 0.454 e. The minimum atomic E-state index is -0.721. The van der Waals surface area contributed by atoms with Gasteiger partial charge in [-0.25, -0.2) is 4.79 Å². The van der Waals surface area contributed by atoms with Crippen LogP contribution in [0.3, 0.4) is 0 Å². The monoisotopic (exact) mass is 358 g/mol. The van der Waals surface area contributed by atoms with Crippen molar-refractivity contribution in [3.05, 3.63) is 58.8 Å². The Kier molecular flexibility index (Phi) is 3.82. The quantitative estimate of drug-likeness (QED) is 0.521. The molecule has 0 N–H and O–H groups in total. The Bertz CT molecular complexity index is 990. The minimum Gasteiger partial charge on any atom is -0.454 e. The van der Waals surface area contributed by atoms with Gasteiger partial charge < -0.3 is 18.6 Å². The molecule has 0 atom stereocenters. The van der Waals surface area contributed by atoms with Crippen LogP contribution in [-0.2, 0) is 4.74 Å². The van der Waals surface area contributed by atoms with Crippen LogP contribution in [0.15, 0.2) is 46.9 Å². The van der Waals surface area contributed by atoms with Gasteiger partial charge in [-0.05, 0) is 42.5 Å². The van der Waals surface area contributed by atoms with E-state index in [2.05, 4.69) is 0 Å². The molecule has 0 aliphatic carbocycles. The van der Waals surface area contributed by atoms with Crippen LogP contribution in [0.2, 0.25) is 5.02 Å². The Morgan fingerprint density at radius 2 is 1.88 bits per heavy atom. The Balaban J connectivity index is 1.44. The molecule has 126 valence electrons. The lowest BCUT2D eigenvalue weighted by molar-refractivity contribution is 0.0446. The number of fused-ring (bicyclic) bond motifs is 2. The zero-order chi connectivity index (χ0) is 17.4. The molecule has 0 radical (unpaired) electrons. The Labute approximate surface area is 146 Å². The molecule has 0 bridgehead atoms. The molecular weight excluding hydrogens is 348 g/mol. The van der Waals surface area contributed by atoms with E-state index in [-0.39, 0.29) is 18.3 Å². The zero-order valence-corrected chi connectivity index (χ0v) is 13.5. The highest BCUT2D eigenvalue weighted by Crippen LogP contribution is 2.32. The average Bonchev–Trinajstić information content (AvgIpc) is 3.24. The van der Waals surface area contributed by atoms with Gasteiger partial charge in [0.2, 0.25) is 12.6 Å². The summed E-state index contributed by atoms with van der Waals surface area (Å²) < 4.78 is 20.8. The first-order valence-corrected chi connectivity index (χ1v) is 7.77. The maximum absolute atomic E-state index is 12.2. The summed E-state index contributed by atoms with van der Waals surface area (Å²) in [6.45, 7) is -0.283. The van der Waals surface area contributed by atoms with Gasteiger partial charge in [0.15, 0.2) is 23.9 Å². The zero-order valence-electron chi connectivity index (χ0n) is 12.8. The van der Waals surface area contributed by atoms with Gasteiger partial charge in [0, 0.05) is 16.0 Å². The van der Waals surface area contributed by atoms with Crippen molar-refractivity contribution in [2.24, 2.45) is 0 Å². The molecule has 3 aromatic rings. The van der Waals surface area contributed by atoms with Crippen LogP contribution >= 0.6 is 11.6 Å². The molecule has 2 aromatic carbocycles. The summed E-state index contributed by atoms with van der Waals surface area (Å²) in [5.41, 5.74) is 0.881. The van der Waals surface area contributed by atoms with Crippen molar-refractivity contribution >= 4 is 34.3 Å². The summed E-state index contributed by atoms with van der Waals surface area (Å²) in [6.07, 6.45) is 0. The number of carbonyl (C=O) groups is 2. The van der Waals surface area contributed by atoms with E-state index in [0.717, 1.165) is 0 Å². The normalized spacial score (nSPS) is 12.4. The van der Waals surface area contributed by atoms with Crippen LogP contribution < -0.4 is 9.47 Å². The molecule has 6 nitrogen and oxygen atoms in total. The van der Waals surface area contributed by atoms with Gasteiger partial charge in [0.25, 0.3) is 0 Å². The van der Waals surface area contributed by atoms with E-state index in [1.807, 2.05) is 0 Å². The molecule has 4 rings (SSSR count). The van der Waals surface area contributed by atoms with Gasteiger partial charge in [-0.2, -0.15) is 0 Å². The minimum absolute atomic E-state index is 0.00996. The number of carbonyl (C=O) groups excluding carboxylic acids is 2. The maximum atomic E-state index is 12.2. The summed E-state index contributed by atoms with van der Waals surface area (Å²) >= 11 is 5.90. The van der Waals surface area contributed by atoms with E-state index in [4.69, 9.17) is 30.2 Å². The fourth-order valence-corrected chi connectivity index (χ4v) is 2.65. The summed E-state index contributed by atoms with van der Waals surface area (Å²) in [6, 6.07) is 11.3. The van der Waals surface area contributed by atoms with Crippen LogP contribution in [-0.4, -0.2) is 25.2 Å². The molecule has 0 saturated carbocycles. The highest BCUT2D eigenvalue weighted by Gasteiger charge is 2.19. The number of Topliss-reactive ketones (excluding diaryl/α,β-unsaturated/α-hetero) is 1. The van der Waals surface area contributed by atoms with Crippen LogP contribution in [0, 0.1) is 0 Å². The number of rotatable bonds is 4. The maximum Gasteiger partial charge on any atom is 0.374 e. The molecule has 0 unspecified atom stereocenters. The van der Waals surface area contributed by atoms with E-state index in [1.165, 1.54) is 6.07 Å².